The van der Waals surface area contributed by atoms with E-state index < -0.39 is 0 Å². The van der Waals surface area contributed by atoms with Crippen molar-refractivity contribution in [3.8, 4) is 0 Å². The third kappa shape index (κ3) is 2.80. The Hall–Kier alpha value is -0.860. The predicted octanol–water partition coefficient (Wildman–Crippen LogP) is 2.10. The molecule has 0 heterocycles. The van der Waals surface area contributed by atoms with Crippen molar-refractivity contribution in [3.63, 3.8) is 0 Å². The number of aliphatic hydroxyl groups excluding tert-OH is 2. The first-order valence-electron chi connectivity index (χ1n) is 5.56. The van der Waals surface area contributed by atoms with E-state index >= 15 is 0 Å². The van der Waals surface area contributed by atoms with Crippen molar-refractivity contribution in [2.45, 2.75) is 31.6 Å². The summed E-state index contributed by atoms with van der Waals surface area (Å²) in [7, 11) is 0. The molecule has 2 heteroatoms. The van der Waals surface area contributed by atoms with Crippen LogP contribution in [0.4, 0.5) is 0 Å². The predicted molar refractivity (Wildman–Crippen MR) is 61.8 cm³/mol. The average Bonchev–Trinajstić information content (AvgIpc) is 2.30. The minimum absolute atomic E-state index is 0.0647. The van der Waals surface area contributed by atoms with E-state index in [9.17, 15) is 0 Å². The van der Waals surface area contributed by atoms with E-state index in [1.54, 1.807) is 0 Å². The Bertz CT molecular complexity index is 263. The van der Waals surface area contributed by atoms with Gasteiger partial charge in [-0.25, -0.2) is 0 Å². The Balaban J connectivity index is 2.97. The zero-order valence-electron chi connectivity index (χ0n) is 9.32. The first-order chi connectivity index (χ1) is 7.29. The lowest BCUT2D eigenvalue weighted by molar-refractivity contribution is 0.186. The molecule has 0 saturated heterocycles. The van der Waals surface area contributed by atoms with Crippen molar-refractivity contribution in [1.29, 1.82) is 0 Å². The smallest absolute Gasteiger partial charge is 0.0439 e. The van der Waals surface area contributed by atoms with E-state index in [4.69, 9.17) is 10.2 Å². The van der Waals surface area contributed by atoms with Crippen LogP contribution >= 0.6 is 0 Å². The third-order valence-electron chi connectivity index (χ3n) is 3.24. The van der Waals surface area contributed by atoms with Gasteiger partial charge in [-0.3, -0.25) is 0 Å². The molecule has 84 valence electrons. The molecule has 2 nitrogen and oxygen atoms in total. The van der Waals surface area contributed by atoms with Crippen LogP contribution in [-0.4, -0.2) is 23.4 Å². The van der Waals surface area contributed by atoms with Gasteiger partial charge < -0.3 is 10.2 Å². The fourth-order valence-electron chi connectivity index (χ4n) is 2.19. The van der Waals surface area contributed by atoms with Crippen molar-refractivity contribution >= 4 is 0 Å². The van der Waals surface area contributed by atoms with Gasteiger partial charge in [-0.05, 0) is 30.2 Å². The molecule has 0 saturated carbocycles. The molecule has 0 spiro atoms. The summed E-state index contributed by atoms with van der Waals surface area (Å²) in [6.07, 6.45) is 2.38. The first kappa shape index (κ1) is 12.2. The Kier molecular flexibility index (Phi) is 4.79. The molecule has 0 unspecified atom stereocenters. The van der Waals surface area contributed by atoms with Gasteiger partial charge in [0.2, 0.25) is 0 Å². The largest absolute Gasteiger partial charge is 0.396 e. The Morgan fingerprint density at radius 3 is 1.93 bits per heavy atom. The lowest BCUT2D eigenvalue weighted by Gasteiger charge is -2.32. The Morgan fingerprint density at radius 2 is 1.53 bits per heavy atom. The summed E-state index contributed by atoms with van der Waals surface area (Å²) < 4.78 is 0. The highest BCUT2D eigenvalue weighted by Crippen LogP contribution is 2.34. The van der Waals surface area contributed by atoms with Crippen LogP contribution in [0.15, 0.2) is 30.3 Å². The van der Waals surface area contributed by atoms with Gasteiger partial charge in [0.05, 0.1) is 0 Å². The molecule has 0 aromatic heterocycles. The van der Waals surface area contributed by atoms with Crippen LogP contribution in [0.5, 0.6) is 0 Å². The number of hydrogen-bond acceptors (Lipinski definition) is 2. The normalized spacial score (nSPS) is 11.7. The topological polar surface area (TPSA) is 40.5 Å². The van der Waals surface area contributed by atoms with Crippen LogP contribution in [0, 0.1) is 0 Å². The molecule has 0 aliphatic heterocycles. The lowest BCUT2D eigenvalue weighted by atomic mass is 9.73. The maximum Gasteiger partial charge on any atom is 0.0439 e. The van der Waals surface area contributed by atoms with Crippen molar-refractivity contribution in [2.75, 3.05) is 13.2 Å². The second-order valence-electron chi connectivity index (χ2n) is 3.95. The molecule has 1 rings (SSSR count). The van der Waals surface area contributed by atoms with E-state index in [0.29, 0.717) is 12.8 Å². The molecule has 1 aromatic rings. The SMILES string of the molecule is CCC(CCO)(CCO)c1ccccc1. The molecule has 0 fully saturated rings. The third-order valence-corrected chi connectivity index (χ3v) is 3.24. The van der Waals surface area contributed by atoms with Gasteiger partial charge in [-0.1, -0.05) is 37.3 Å². The summed E-state index contributed by atoms with van der Waals surface area (Å²) in [4.78, 5) is 0. The molecule has 0 bridgehead atoms. The van der Waals surface area contributed by atoms with Crippen LogP contribution in [0.3, 0.4) is 0 Å². The second-order valence-corrected chi connectivity index (χ2v) is 3.95. The second kappa shape index (κ2) is 5.89. The highest BCUT2D eigenvalue weighted by Gasteiger charge is 2.28. The Morgan fingerprint density at radius 1 is 1.00 bits per heavy atom. The van der Waals surface area contributed by atoms with E-state index in [2.05, 4.69) is 19.1 Å². The molecule has 0 aliphatic rings. The summed E-state index contributed by atoms with van der Waals surface area (Å²) in [6, 6.07) is 10.2. The van der Waals surface area contributed by atoms with Crippen LogP contribution in [-0.2, 0) is 5.41 Å². The van der Waals surface area contributed by atoms with Crippen molar-refractivity contribution in [1.82, 2.24) is 0 Å². The number of benzene rings is 1. The van der Waals surface area contributed by atoms with Gasteiger partial charge in [-0.15, -0.1) is 0 Å². The fraction of sp³-hybridized carbons (Fsp3) is 0.538. The Labute approximate surface area is 91.6 Å². The molecule has 0 radical (unpaired) electrons. The van der Waals surface area contributed by atoms with Gasteiger partial charge >= 0.3 is 0 Å². The van der Waals surface area contributed by atoms with Crippen LogP contribution in [0.25, 0.3) is 0 Å². The van der Waals surface area contributed by atoms with E-state index in [1.807, 2.05) is 18.2 Å². The quantitative estimate of drug-likeness (QED) is 0.751. The molecule has 2 N–H and O–H groups in total. The van der Waals surface area contributed by atoms with Crippen LogP contribution < -0.4 is 0 Å². The van der Waals surface area contributed by atoms with Gasteiger partial charge in [0.25, 0.3) is 0 Å². The zero-order valence-corrected chi connectivity index (χ0v) is 9.32. The highest BCUT2D eigenvalue weighted by molar-refractivity contribution is 5.25. The summed E-state index contributed by atoms with van der Waals surface area (Å²) in [6.45, 7) is 2.45. The summed E-state index contributed by atoms with van der Waals surface area (Å²) in [5.41, 5.74) is 1.15. The zero-order chi connectivity index (χ0) is 11.1. The number of aliphatic hydroxyl groups is 2. The van der Waals surface area contributed by atoms with Crippen molar-refractivity contribution in [3.05, 3.63) is 35.9 Å². The van der Waals surface area contributed by atoms with Gasteiger partial charge in [-0.2, -0.15) is 0 Å². The average molecular weight is 208 g/mol. The minimum atomic E-state index is -0.0647. The summed E-state index contributed by atoms with van der Waals surface area (Å²) in [5.74, 6) is 0. The van der Waals surface area contributed by atoms with Gasteiger partial charge in [0, 0.05) is 13.2 Å². The van der Waals surface area contributed by atoms with Crippen molar-refractivity contribution in [2.24, 2.45) is 0 Å². The number of hydrogen-bond donors (Lipinski definition) is 2. The summed E-state index contributed by atoms with van der Waals surface area (Å²) >= 11 is 0. The van der Waals surface area contributed by atoms with Crippen LogP contribution in [0.2, 0.25) is 0 Å². The summed E-state index contributed by atoms with van der Waals surface area (Å²) in [5, 5.41) is 18.3. The molecular formula is C13H20O2. The first-order valence-corrected chi connectivity index (χ1v) is 5.56. The monoisotopic (exact) mass is 208 g/mol. The number of rotatable bonds is 6. The van der Waals surface area contributed by atoms with Crippen LogP contribution in [0.1, 0.15) is 31.7 Å². The molecule has 0 aliphatic carbocycles. The van der Waals surface area contributed by atoms with Crippen molar-refractivity contribution < 1.29 is 10.2 Å². The molecule has 1 aromatic carbocycles. The minimum Gasteiger partial charge on any atom is -0.396 e. The van der Waals surface area contributed by atoms with Gasteiger partial charge in [0.1, 0.15) is 0 Å². The highest BCUT2D eigenvalue weighted by atomic mass is 16.3. The standard InChI is InChI=1S/C13H20O2/c1-2-13(8-10-14,9-11-15)12-6-4-3-5-7-12/h3-7,14-15H,2,8-11H2,1H3. The van der Waals surface area contributed by atoms with E-state index in [1.165, 1.54) is 5.56 Å². The molecule has 0 amide bonds. The maximum atomic E-state index is 9.14. The maximum absolute atomic E-state index is 9.14. The van der Waals surface area contributed by atoms with Gasteiger partial charge in [0.15, 0.2) is 0 Å². The molecular weight excluding hydrogens is 188 g/mol. The molecule has 0 atom stereocenters. The van der Waals surface area contributed by atoms with E-state index in [-0.39, 0.29) is 18.6 Å². The lowest BCUT2D eigenvalue weighted by Crippen LogP contribution is -2.28. The fourth-order valence-corrected chi connectivity index (χ4v) is 2.19. The molecule has 15 heavy (non-hydrogen) atoms. The van der Waals surface area contributed by atoms with E-state index in [0.717, 1.165) is 6.42 Å².